The molecule has 0 N–H and O–H groups in total. The summed E-state index contributed by atoms with van der Waals surface area (Å²) in [5.74, 6) is -0.522. The second-order valence-electron chi connectivity index (χ2n) is 3.37. The third-order valence-corrected chi connectivity index (χ3v) is 3.21. The molecule has 2 heterocycles. The smallest absolute Gasteiger partial charge is 0.232 e. The summed E-state index contributed by atoms with van der Waals surface area (Å²) >= 11 is 6.78. The zero-order chi connectivity index (χ0) is 11.0. The molecular weight excluding hydrogens is 238 g/mol. The van der Waals surface area contributed by atoms with Crippen LogP contribution in [0.2, 0.25) is 4.47 Å². The van der Waals surface area contributed by atoms with Gasteiger partial charge in [-0.3, -0.25) is 14.5 Å². The van der Waals surface area contributed by atoms with Gasteiger partial charge in [0.15, 0.2) is 0 Å². The molecule has 2 rings (SSSR count). The van der Waals surface area contributed by atoms with Gasteiger partial charge in [0.2, 0.25) is 16.3 Å². The lowest BCUT2D eigenvalue weighted by molar-refractivity contribution is -0.139. The largest absolute Gasteiger partial charge is 0.275 e. The van der Waals surface area contributed by atoms with Crippen LogP contribution in [0.1, 0.15) is 18.4 Å². The first kappa shape index (κ1) is 10.5. The molecule has 1 aliphatic rings. The molecule has 7 heteroatoms. The van der Waals surface area contributed by atoms with Crippen LogP contribution in [-0.4, -0.2) is 26.9 Å². The minimum Gasteiger partial charge on any atom is -0.275 e. The molecule has 1 atom stereocenters. The van der Waals surface area contributed by atoms with E-state index in [1.165, 1.54) is 16.2 Å². The summed E-state index contributed by atoms with van der Waals surface area (Å²) in [6, 6.07) is 0. The highest BCUT2D eigenvalue weighted by Gasteiger charge is 2.35. The van der Waals surface area contributed by atoms with Crippen molar-refractivity contribution in [1.29, 1.82) is 0 Å². The molecule has 5 nitrogen and oxygen atoms in total. The Hall–Kier alpha value is -1.01. The van der Waals surface area contributed by atoms with Crippen LogP contribution in [0, 0.1) is 5.92 Å². The molecule has 0 aliphatic carbocycles. The quantitative estimate of drug-likeness (QED) is 0.732. The van der Waals surface area contributed by atoms with E-state index < -0.39 is 0 Å². The van der Waals surface area contributed by atoms with Gasteiger partial charge in [0.25, 0.3) is 0 Å². The van der Waals surface area contributed by atoms with Crippen LogP contribution >= 0.6 is 22.9 Å². The zero-order valence-corrected chi connectivity index (χ0v) is 9.51. The van der Waals surface area contributed by atoms with Crippen LogP contribution in [0.3, 0.4) is 0 Å². The summed E-state index contributed by atoms with van der Waals surface area (Å²) in [7, 11) is 0. The molecule has 0 saturated carbocycles. The van der Waals surface area contributed by atoms with Gasteiger partial charge in [-0.25, -0.2) is 0 Å². The van der Waals surface area contributed by atoms with Gasteiger partial charge >= 0.3 is 0 Å². The van der Waals surface area contributed by atoms with E-state index in [1.807, 2.05) is 0 Å². The Kier molecular flexibility index (Phi) is 2.70. The number of hydrogen-bond donors (Lipinski definition) is 0. The Labute approximate surface area is 95.0 Å². The van der Waals surface area contributed by atoms with E-state index in [-0.39, 0.29) is 30.7 Å². The Balaban J connectivity index is 2.12. The number of halogens is 1. The van der Waals surface area contributed by atoms with Crippen LogP contribution < -0.4 is 0 Å². The van der Waals surface area contributed by atoms with E-state index in [4.69, 9.17) is 11.6 Å². The molecule has 1 saturated heterocycles. The van der Waals surface area contributed by atoms with Crippen molar-refractivity contribution in [2.24, 2.45) is 5.92 Å². The number of likely N-dealkylation sites (tertiary alicyclic amines) is 1. The van der Waals surface area contributed by atoms with Crippen molar-refractivity contribution in [3.8, 4) is 0 Å². The van der Waals surface area contributed by atoms with Crippen LogP contribution in [0.15, 0.2) is 0 Å². The van der Waals surface area contributed by atoms with Crippen LogP contribution in [-0.2, 0) is 16.1 Å². The molecular formula is C8H8ClN3O2S. The maximum atomic E-state index is 11.6. The van der Waals surface area contributed by atoms with E-state index in [0.29, 0.717) is 9.47 Å². The van der Waals surface area contributed by atoms with Gasteiger partial charge in [0, 0.05) is 12.3 Å². The third-order valence-electron chi connectivity index (χ3n) is 2.21. The summed E-state index contributed by atoms with van der Waals surface area (Å²) in [6.07, 6.45) is 0.283. The van der Waals surface area contributed by atoms with Gasteiger partial charge in [-0.2, -0.15) is 0 Å². The minimum absolute atomic E-state index is 0.147. The minimum atomic E-state index is -0.221. The standard InChI is InChI=1S/C8H8ClN3O2S/c1-4-2-6(13)12(7(4)14)3-5-10-11-8(9)15-5/h4H,2-3H2,1H3. The van der Waals surface area contributed by atoms with Crippen molar-refractivity contribution < 1.29 is 9.59 Å². The number of carbonyl (C=O) groups is 2. The van der Waals surface area contributed by atoms with Crippen LogP contribution in [0.25, 0.3) is 0 Å². The van der Waals surface area contributed by atoms with Crippen molar-refractivity contribution >= 4 is 34.8 Å². The van der Waals surface area contributed by atoms with E-state index in [1.54, 1.807) is 6.92 Å². The van der Waals surface area contributed by atoms with E-state index >= 15 is 0 Å². The molecule has 80 valence electrons. The molecule has 0 spiro atoms. The normalized spacial score (nSPS) is 21.5. The first-order valence-corrected chi connectivity index (χ1v) is 5.59. The Bertz CT molecular complexity index is 420. The maximum absolute atomic E-state index is 11.6. The number of hydrogen-bond acceptors (Lipinski definition) is 5. The average Bonchev–Trinajstić information content (AvgIpc) is 2.67. The number of nitrogens with zero attached hydrogens (tertiary/aromatic N) is 3. The molecule has 2 amide bonds. The van der Waals surface area contributed by atoms with E-state index in [9.17, 15) is 9.59 Å². The highest BCUT2D eigenvalue weighted by atomic mass is 35.5. The third kappa shape index (κ3) is 2.00. The predicted octanol–water partition coefficient (Wildman–Crippen LogP) is 1.09. The highest BCUT2D eigenvalue weighted by Crippen LogP contribution is 2.23. The molecule has 1 aliphatic heterocycles. The second-order valence-corrected chi connectivity index (χ2v) is 5.02. The van der Waals surface area contributed by atoms with Gasteiger partial charge in [0.05, 0.1) is 6.54 Å². The summed E-state index contributed by atoms with van der Waals surface area (Å²) < 4.78 is 0.317. The van der Waals surface area contributed by atoms with Crippen molar-refractivity contribution in [1.82, 2.24) is 15.1 Å². The van der Waals surface area contributed by atoms with Gasteiger partial charge in [-0.1, -0.05) is 18.3 Å². The lowest BCUT2D eigenvalue weighted by atomic mass is 10.1. The fraction of sp³-hybridized carbons (Fsp3) is 0.500. The first-order chi connectivity index (χ1) is 7.08. The molecule has 1 aromatic rings. The number of aromatic nitrogens is 2. The van der Waals surface area contributed by atoms with Crippen molar-refractivity contribution in [3.63, 3.8) is 0 Å². The maximum Gasteiger partial charge on any atom is 0.232 e. The topological polar surface area (TPSA) is 63.2 Å². The highest BCUT2D eigenvalue weighted by molar-refractivity contribution is 7.15. The number of carbonyl (C=O) groups excluding carboxylic acids is 2. The van der Waals surface area contributed by atoms with Crippen molar-refractivity contribution in [2.75, 3.05) is 0 Å². The molecule has 15 heavy (non-hydrogen) atoms. The van der Waals surface area contributed by atoms with Crippen LogP contribution in [0.5, 0.6) is 0 Å². The molecule has 1 unspecified atom stereocenters. The molecule has 0 aromatic carbocycles. The lowest BCUT2D eigenvalue weighted by Gasteiger charge is -2.11. The first-order valence-electron chi connectivity index (χ1n) is 4.40. The van der Waals surface area contributed by atoms with Gasteiger partial charge in [-0.15, -0.1) is 10.2 Å². The summed E-state index contributed by atoms with van der Waals surface area (Å²) in [5.41, 5.74) is 0. The van der Waals surface area contributed by atoms with Crippen molar-refractivity contribution in [2.45, 2.75) is 19.9 Å². The Morgan fingerprint density at radius 1 is 1.53 bits per heavy atom. The summed E-state index contributed by atoms with van der Waals surface area (Å²) in [4.78, 5) is 24.2. The molecule has 1 aromatic heterocycles. The number of imide groups is 1. The van der Waals surface area contributed by atoms with Gasteiger partial charge in [-0.05, 0) is 11.6 Å². The van der Waals surface area contributed by atoms with Gasteiger partial charge in [0.1, 0.15) is 5.01 Å². The lowest BCUT2D eigenvalue weighted by Crippen LogP contribution is -2.29. The zero-order valence-electron chi connectivity index (χ0n) is 7.94. The fourth-order valence-electron chi connectivity index (χ4n) is 1.45. The fourth-order valence-corrected chi connectivity index (χ4v) is 2.30. The molecule has 1 fully saturated rings. The van der Waals surface area contributed by atoms with Crippen LogP contribution in [0.4, 0.5) is 0 Å². The van der Waals surface area contributed by atoms with E-state index in [2.05, 4.69) is 10.2 Å². The van der Waals surface area contributed by atoms with E-state index in [0.717, 1.165) is 0 Å². The Morgan fingerprint density at radius 3 is 2.73 bits per heavy atom. The molecule has 0 bridgehead atoms. The molecule has 0 radical (unpaired) electrons. The predicted molar refractivity (Wildman–Crippen MR) is 54.3 cm³/mol. The average molecular weight is 246 g/mol. The summed E-state index contributed by atoms with van der Waals surface area (Å²) in [6.45, 7) is 1.93. The SMILES string of the molecule is CC1CC(=O)N(Cc2nnc(Cl)s2)C1=O. The number of amides is 2. The second kappa shape index (κ2) is 3.86. The monoisotopic (exact) mass is 245 g/mol. The summed E-state index contributed by atoms with van der Waals surface area (Å²) in [5, 5.41) is 7.96. The van der Waals surface area contributed by atoms with Crippen molar-refractivity contribution in [3.05, 3.63) is 9.47 Å². The Morgan fingerprint density at radius 2 is 2.27 bits per heavy atom. The van der Waals surface area contributed by atoms with Gasteiger partial charge < -0.3 is 0 Å². The number of rotatable bonds is 2.